The fourth-order valence-electron chi connectivity index (χ4n) is 5.14. The van der Waals surface area contributed by atoms with Crippen LogP contribution in [0.1, 0.15) is 53.9 Å². The van der Waals surface area contributed by atoms with Gasteiger partial charge in [0, 0.05) is 12.1 Å². The fourth-order valence-corrected chi connectivity index (χ4v) is 5.14. The molecule has 2 aromatic carbocycles. The molecular weight excluding hydrogens is 412 g/mol. The molecule has 1 aliphatic heterocycles. The molecular formula is C26H30N6O. The van der Waals surface area contributed by atoms with Gasteiger partial charge < -0.3 is 4.98 Å². The second kappa shape index (κ2) is 8.90. The first-order valence-corrected chi connectivity index (χ1v) is 11.7. The van der Waals surface area contributed by atoms with Gasteiger partial charge in [-0.3, -0.25) is 9.69 Å². The summed E-state index contributed by atoms with van der Waals surface area (Å²) in [6.07, 6.45) is 2.30. The van der Waals surface area contributed by atoms with Crippen molar-refractivity contribution < 1.29 is 0 Å². The molecule has 0 amide bonds. The van der Waals surface area contributed by atoms with Crippen molar-refractivity contribution in [1.82, 2.24) is 30.1 Å². The Hall–Kier alpha value is -3.32. The van der Waals surface area contributed by atoms with Gasteiger partial charge in [0.2, 0.25) is 0 Å². The number of aromatic amines is 1. The van der Waals surface area contributed by atoms with E-state index in [1.54, 1.807) is 0 Å². The van der Waals surface area contributed by atoms with E-state index < -0.39 is 0 Å². The van der Waals surface area contributed by atoms with Crippen molar-refractivity contribution in [3.05, 3.63) is 87.0 Å². The summed E-state index contributed by atoms with van der Waals surface area (Å²) in [5.41, 5.74) is 4.89. The highest BCUT2D eigenvalue weighted by atomic mass is 16.1. The summed E-state index contributed by atoms with van der Waals surface area (Å²) >= 11 is 0. The van der Waals surface area contributed by atoms with E-state index in [-0.39, 0.29) is 11.6 Å². The SMILES string of the molecule is Cc1cc(C)c2[nH]c(=O)c(C(c3nnnn3Cc3ccccc3)N3CCCC(C)C3)cc2c1. The molecule has 33 heavy (non-hydrogen) atoms. The van der Waals surface area contributed by atoms with Crippen LogP contribution in [0.15, 0.2) is 53.3 Å². The van der Waals surface area contributed by atoms with Gasteiger partial charge in [-0.05, 0) is 78.2 Å². The van der Waals surface area contributed by atoms with E-state index in [1.807, 2.05) is 35.9 Å². The third kappa shape index (κ3) is 4.33. The number of H-pyrrole nitrogens is 1. The Morgan fingerprint density at radius 3 is 2.76 bits per heavy atom. The lowest BCUT2D eigenvalue weighted by Gasteiger charge is -2.36. The van der Waals surface area contributed by atoms with Crippen LogP contribution in [0.3, 0.4) is 0 Å². The Morgan fingerprint density at radius 2 is 1.97 bits per heavy atom. The molecule has 7 nitrogen and oxygen atoms in total. The predicted molar refractivity (Wildman–Crippen MR) is 129 cm³/mol. The largest absolute Gasteiger partial charge is 0.321 e. The number of hydrogen-bond donors (Lipinski definition) is 1. The fraction of sp³-hybridized carbons (Fsp3) is 0.385. The number of rotatable bonds is 5. The number of fused-ring (bicyclic) bond motifs is 1. The molecule has 3 heterocycles. The molecule has 4 aromatic rings. The maximum atomic E-state index is 13.4. The van der Waals surface area contributed by atoms with Crippen LogP contribution in [-0.2, 0) is 6.54 Å². The Morgan fingerprint density at radius 1 is 1.15 bits per heavy atom. The van der Waals surface area contributed by atoms with E-state index in [1.165, 1.54) is 12.0 Å². The van der Waals surface area contributed by atoms with Gasteiger partial charge in [0.25, 0.3) is 5.56 Å². The molecule has 1 fully saturated rings. The first-order chi connectivity index (χ1) is 16.0. The molecule has 2 aromatic heterocycles. The van der Waals surface area contributed by atoms with Crippen LogP contribution in [0.5, 0.6) is 0 Å². The number of benzene rings is 2. The number of likely N-dealkylation sites (tertiary alicyclic amines) is 1. The summed E-state index contributed by atoms with van der Waals surface area (Å²) in [6, 6.07) is 16.1. The molecule has 1 saturated heterocycles. The van der Waals surface area contributed by atoms with Crippen molar-refractivity contribution in [3.63, 3.8) is 0 Å². The smallest absolute Gasteiger partial charge is 0.253 e. The Bertz CT molecular complexity index is 1330. The van der Waals surface area contributed by atoms with E-state index >= 15 is 0 Å². The molecule has 0 bridgehead atoms. The quantitative estimate of drug-likeness (QED) is 0.505. The number of aryl methyl sites for hydroxylation is 2. The molecule has 1 aliphatic rings. The van der Waals surface area contributed by atoms with Crippen LogP contribution < -0.4 is 5.56 Å². The minimum Gasteiger partial charge on any atom is -0.321 e. The van der Waals surface area contributed by atoms with Crippen LogP contribution in [0.4, 0.5) is 0 Å². The summed E-state index contributed by atoms with van der Waals surface area (Å²) < 4.78 is 1.84. The minimum atomic E-state index is -0.305. The predicted octanol–water partition coefficient (Wildman–Crippen LogP) is 4.00. The van der Waals surface area contributed by atoms with Crippen molar-refractivity contribution in [3.8, 4) is 0 Å². The number of tetrazole rings is 1. The molecule has 0 saturated carbocycles. The van der Waals surface area contributed by atoms with E-state index in [0.29, 0.717) is 23.9 Å². The zero-order valence-electron chi connectivity index (χ0n) is 19.5. The second-order valence-corrected chi connectivity index (χ2v) is 9.43. The van der Waals surface area contributed by atoms with E-state index in [2.05, 4.69) is 63.5 Å². The summed E-state index contributed by atoms with van der Waals surface area (Å²) in [5, 5.41) is 13.8. The summed E-state index contributed by atoms with van der Waals surface area (Å²) in [7, 11) is 0. The van der Waals surface area contributed by atoms with E-state index in [4.69, 9.17) is 0 Å². The number of hydrogen-bond acceptors (Lipinski definition) is 5. The number of nitrogens with one attached hydrogen (secondary N) is 1. The number of pyridine rings is 1. The molecule has 2 atom stereocenters. The minimum absolute atomic E-state index is 0.0769. The van der Waals surface area contributed by atoms with Gasteiger partial charge in [-0.15, -0.1) is 5.10 Å². The van der Waals surface area contributed by atoms with Crippen LogP contribution in [0.2, 0.25) is 0 Å². The molecule has 0 aliphatic carbocycles. The van der Waals surface area contributed by atoms with Crippen molar-refractivity contribution in [2.45, 2.75) is 46.2 Å². The third-order valence-corrected chi connectivity index (χ3v) is 6.65. The monoisotopic (exact) mass is 442 g/mol. The molecule has 2 unspecified atom stereocenters. The Kier molecular flexibility index (Phi) is 5.81. The lowest BCUT2D eigenvalue weighted by Crippen LogP contribution is -2.41. The summed E-state index contributed by atoms with van der Waals surface area (Å²) in [6.45, 7) is 8.78. The zero-order valence-corrected chi connectivity index (χ0v) is 19.5. The number of aromatic nitrogens is 5. The van der Waals surface area contributed by atoms with Crippen molar-refractivity contribution in [2.75, 3.05) is 13.1 Å². The molecule has 1 N–H and O–H groups in total. The summed E-state index contributed by atoms with van der Waals surface area (Å²) in [4.78, 5) is 19.0. The molecule has 7 heteroatoms. The topological polar surface area (TPSA) is 79.7 Å². The first-order valence-electron chi connectivity index (χ1n) is 11.7. The molecule has 5 rings (SSSR count). The van der Waals surface area contributed by atoms with Gasteiger partial charge in [-0.25, -0.2) is 4.68 Å². The third-order valence-electron chi connectivity index (χ3n) is 6.65. The lowest BCUT2D eigenvalue weighted by atomic mass is 9.95. The molecule has 170 valence electrons. The van der Waals surface area contributed by atoms with Crippen LogP contribution in [0.25, 0.3) is 10.9 Å². The van der Waals surface area contributed by atoms with Crippen LogP contribution >= 0.6 is 0 Å². The first kappa shape index (κ1) is 21.5. The Labute approximate surface area is 193 Å². The zero-order chi connectivity index (χ0) is 22.9. The second-order valence-electron chi connectivity index (χ2n) is 9.43. The highest BCUT2D eigenvalue weighted by molar-refractivity contribution is 5.83. The van der Waals surface area contributed by atoms with E-state index in [9.17, 15) is 4.79 Å². The van der Waals surface area contributed by atoms with Gasteiger partial charge in [-0.2, -0.15) is 0 Å². The average Bonchev–Trinajstić information content (AvgIpc) is 3.23. The number of piperidine rings is 1. The van der Waals surface area contributed by atoms with Gasteiger partial charge in [0.15, 0.2) is 5.82 Å². The van der Waals surface area contributed by atoms with Gasteiger partial charge in [0.05, 0.1) is 12.1 Å². The molecule has 0 spiro atoms. The van der Waals surface area contributed by atoms with Gasteiger partial charge in [-0.1, -0.05) is 48.9 Å². The lowest BCUT2D eigenvalue weighted by molar-refractivity contribution is 0.141. The Balaban J connectivity index is 1.65. The molecule has 0 radical (unpaired) electrons. The highest BCUT2D eigenvalue weighted by Gasteiger charge is 2.32. The number of nitrogens with zero attached hydrogens (tertiary/aromatic N) is 5. The van der Waals surface area contributed by atoms with E-state index in [0.717, 1.165) is 41.5 Å². The average molecular weight is 443 g/mol. The summed E-state index contributed by atoms with van der Waals surface area (Å²) in [5.74, 6) is 1.27. The standard InChI is InChI=1S/C26H30N6O/c1-17-8-7-11-31(15-17)24(25-28-29-30-32(25)16-20-9-5-4-6-10-20)22-14-21-13-18(2)12-19(3)23(21)27-26(22)33/h4-6,9-10,12-14,17,24H,7-8,11,15-16H2,1-3H3,(H,27,33). The van der Waals surface area contributed by atoms with Gasteiger partial charge >= 0.3 is 0 Å². The maximum Gasteiger partial charge on any atom is 0.253 e. The van der Waals surface area contributed by atoms with Crippen LogP contribution in [0, 0.1) is 19.8 Å². The van der Waals surface area contributed by atoms with Gasteiger partial charge in [0.1, 0.15) is 6.04 Å². The van der Waals surface area contributed by atoms with Crippen molar-refractivity contribution >= 4 is 10.9 Å². The highest BCUT2D eigenvalue weighted by Crippen LogP contribution is 2.31. The maximum absolute atomic E-state index is 13.4. The normalized spacial score (nSPS) is 18.0. The van der Waals surface area contributed by atoms with Crippen LogP contribution in [-0.4, -0.2) is 43.2 Å². The van der Waals surface area contributed by atoms with Crippen molar-refractivity contribution in [1.29, 1.82) is 0 Å². The van der Waals surface area contributed by atoms with Crippen molar-refractivity contribution in [2.24, 2.45) is 5.92 Å².